The molecule has 0 bridgehead atoms. The predicted octanol–water partition coefficient (Wildman–Crippen LogP) is 9.29. The van der Waals surface area contributed by atoms with Crippen LogP contribution in [-0.2, 0) is 37.6 Å². The van der Waals surface area contributed by atoms with Gasteiger partial charge in [0, 0.05) is 36.6 Å². The number of carbonyl (C=O) groups is 3. The van der Waals surface area contributed by atoms with Gasteiger partial charge in [-0.3, -0.25) is 19.1 Å². The Morgan fingerprint density at radius 2 is 1.05 bits per heavy atom. The van der Waals surface area contributed by atoms with Gasteiger partial charge in [0.25, 0.3) is 11.8 Å². The molecule has 2 amide bonds. The Labute approximate surface area is 338 Å². The molecule has 0 spiro atoms. The summed E-state index contributed by atoms with van der Waals surface area (Å²) in [6.07, 6.45) is -13.8. The van der Waals surface area contributed by atoms with E-state index in [9.17, 15) is 53.9 Å². The van der Waals surface area contributed by atoms with Crippen LogP contribution in [0.3, 0.4) is 0 Å². The molecule has 0 aliphatic carbocycles. The summed E-state index contributed by atoms with van der Waals surface area (Å²) in [6, 6.07) is 13.4. The number of amides is 2. The number of anilines is 3. The summed E-state index contributed by atoms with van der Waals surface area (Å²) in [5.41, 5.74) is 0.166. The number of alkyl halides is 9. The summed E-state index contributed by atoms with van der Waals surface area (Å²) in [4.78, 5) is 32.7. The molecular formula is C37H33BClF10N6O4. The SMILES string of the molecule is C.C=C(C)C(=O)Cl.C=C(C)C(=O)Nc1ccc(C#N)c(C(F)(F)F)c1.CC1(C(=O)Nc2ccc(C#N)c(C(F)(F)F)c2)CO1.F.N#Cc1ccc(N)cc1C(F)(F)F.[B]. The van der Waals surface area contributed by atoms with Crippen molar-refractivity contribution < 1.29 is 63.3 Å². The molecule has 1 aliphatic rings. The Hall–Kier alpha value is -6.37. The van der Waals surface area contributed by atoms with Gasteiger partial charge >= 0.3 is 18.5 Å². The van der Waals surface area contributed by atoms with Crippen LogP contribution in [-0.4, -0.2) is 37.7 Å². The summed E-state index contributed by atoms with van der Waals surface area (Å²) in [5.74, 6) is -1.09. The minimum Gasteiger partial charge on any atom is -0.399 e. The predicted molar refractivity (Wildman–Crippen MR) is 200 cm³/mol. The molecule has 3 aromatic rings. The third kappa shape index (κ3) is 18.2. The van der Waals surface area contributed by atoms with Crippen molar-refractivity contribution in [3.05, 3.63) is 112 Å². The van der Waals surface area contributed by atoms with Crippen LogP contribution in [0.25, 0.3) is 0 Å². The van der Waals surface area contributed by atoms with E-state index in [4.69, 9.17) is 37.9 Å². The number of nitrogens with zero attached hydrogens (tertiary/aromatic N) is 3. The van der Waals surface area contributed by atoms with Crippen LogP contribution in [0.15, 0.2) is 78.9 Å². The second-order valence-corrected chi connectivity index (χ2v) is 11.8. The fraction of sp³-hybridized carbons (Fsp3) is 0.243. The average molecular weight is 862 g/mol. The van der Waals surface area contributed by atoms with E-state index in [0.29, 0.717) is 5.57 Å². The smallest absolute Gasteiger partial charge is 0.399 e. The highest BCUT2D eigenvalue weighted by atomic mass is 35.5. The Morgan fingerprint density at radius 1 is 0.729 bits per heavy atom. The first-order chi connectivity index (χ1) is 25.6. The highest BCUT2D eigenvalue weighted by Crippen LogP contribution is 2.36. The first-order valence-electron chi connectivity index (χ1n) is 15.0. The number of ether oxygens (including phenoxy) is 1. The lowest BCUT2D eigenvalue weighted by atomic mass is 10.1. The number of halogens is 11. The molecule has 1 heterocycles. The van der Waals surface area contributed by atoms with Crippen LogP contribution >= 0.6 is 11.6 Å². The van der Waals surface area contributed by atoms with Crippen molar-refractivity contribution >= 4 is 54.1 Å². The normalized spacial score (nSPS) is 13.4. The molecule has 4 rings (SSSR count). The van der Waals surface area contributed by atoms with E-state index in [1.807, 2.05) is 0 Å². The number of epoxide rings is 1. The van der Waals surface area contributed by atoms with Gasteiger partial charge in [0.1, 0.15) is 0 Å². The van der Waals surface area contributed by atoms with Crippen LogP contribution in [0.1, 0.15) is 61.6 Å². The van der Waals surface area contributed by atoms with E-state index in [-0.39, 0.29) is 49.8 Å². The molecule has 0 saturated carbocycles. The van der Waals surface area contributed by atoms with Crippen LogP contribution < -0.4 is 16.4 Å². The van der Waals surface area contributed by atoms with Crippen molar-refractivity contribution in [1.82, 2.24) is 0 Å². The third-order valence-electron chi connectivity index (χ3n) is 6.66. The van der Waals surface area contributed by atoms with Crippen LogP contribution in [0.4, 0.5) is 61.3 Å². The molecule has 3 aromatic carbocycles. The van der Waals surface area contributed by atoms with Gasteiger partial charge in [-0.1, -0.05) is 20.6 Å². The third-order valence-corrected chi connectivity index (χ3v) is 6.98. The fourth-order valence-electron chi connectivity index (χ4n) is 3.54. The van der Waals surface area contributed by atoms with Gasteiger partial charge in [-0.25, -0.2) is 0 Å². The van der Waals surface area contributed by atoms with Gasteiger partial charge in [0.15, 0.2) is 5.60 Å². The summed E-state index contributed by atoms with van der Waals surface area (Å²) >= 11 is 4.87. The Kier molecular flexibility index (Phi) is 22.3. The molecule has 10 nitrogen and oxygen atoms in total. The number of nitrogens with two attached hydrogens (primary N) is 1. The van der Waals surface area contributed by atoms with Crippen molar-refractivity contribution in [2.75, 3.05) is 23.0 Å². The highest BCUT2D eigenvalue weighted by molar-refractivity contribution is 6.67. The number of nitriles is 3. The van der Waals surface area contributed by atoms with E-state index < -0.39 is 74.6 Å². The fourth-order valence-corrected chi connectivity index (χ4v) is 3.54. The molecule has 1 fully saturated rings. The minimum absolute atomic E-state index is 0. The van der Waals surface area contributed by atoms with Crippen LogP contribution in [0.5, 0.6) is 0 Å². The van der Waals surface area contributed by atoms with Crippen molar-refractivity contribution in [2.45, 2.75) is 52.3 Å². The average Bonchev–Trinajstić information content (AvgIpc) is 3.86. The van der Waals surface area contributed by atoms with Crippen molar-refractivity contribution in [3.63, 3.8) is 0 Å². The monoisotopic (exact) mass is 861 g/mol. The summed E-state index contributed by atoms with van der Waals surface area (Å²) < 4.78 is 118. The molecule has 1 saturated heterocycles. The zero-order valence-corrected chi connectivity index (χ0v) is 30.9. The number of nitrogen functional groups attached to an aromatic ring is 1. The summed E-state index contributed by atoms with van der Waals surface area (Å²) in [5, 5.41) is 29.7. The summed E-state index contributed by atoms with van der Waals surface area (Å²) in [7, 11) is 0. The molecule has 22 heteroatoms. The number of nitrogens with one attached hydrogen (secondary N) is 2. The number of rotatable bonds is 5. The molecular weight excluding hydrogens is 829 g/mol. The number of benzene rings is 3. The maximum Gasteiger partial charge on any atom is 0.417 e. The van der Waals surface area contributed by atoms with E-state index in [2.05, 4.69) is 23.8 Å². The van der Waals surface area contributed by atoms with Crippen molar-refractivity contribution in [3.8, 4) is 18.2 Å². The number of hydrogen-bond acceptors (Lipinski definition) is 8. The molecule has 1 atom stereocenters. The zero-order valence-electron chi connectivity index (χ0n) is 30.1. The first-order valence-corrected chi connectivity index (χ1v) is 15.4. The Bertz CT molecular complexity index is 2120. The van der Waals surface area contributed by atoms with Gasteiger partial charge in [-0.05, 0) is 87.0 Å². The van der Waals surface area contributed by atoms with Gasteiger partial charge in [0.05, 0.1) is 58.2 Å². The number of hydrogen-bond donors (Lipinski definition) is 3. The first kappa shape index (κ1) is 57.0. The van der Waals surface area contributed by atoms with Crippen LogP contribution in [0.2, 0.25) is 0 Å². The molecule has 1 aliphatic heterocycles. The number of carbonyl (C=O) groups excluding carboxylic acids is 3. The largest absolute Gasteiger partial charge is 0.417 e. The Balaban J connectivity index is -0.000000737. The van der Waals surface area contributed by atoms with E-state index >= 15 is 0 Å². The quantitative estimate of drug-likeness (QED) is 0.0566. The topological polar surface area (TPSA) is 185 Å². The van der Waals surface area contributed by atoms with Crippen molar-refractivity contribution in [1.29, 1.82) is 15.8 Å². The molecule has 3 radical (unpaired) electrons. The van der Waals surface area contributed by atoms with E-state index in [1.54, 1.807) is 6.92 Å². The molecule has 1 unspecified atom stereocenters. The van der Waals surface area contributed by atoms with E-state index in [1.165, 1.54) is 50.3 Å². The zero-order chi connectivity index (χ0) is 43.4. The lowest BCUT2D eigenvalue weighted by Crippen LogP contribution is -2.28. The summed E-state index contributed by atoms with van der Waals surface area (Å²) in [6.45, 7) is 11.4. The molecule has 315 valence electrons. The maximum absolute atomic E-state index is 12.7. The van der Waals surface area contributed by atoms with Gasteiger partial charge in [-0.15, -0.1) is 0 Å². The second kappa shape index (κ2) is 23.1. The number of allylic oxidation sites excluding steroid dienone is 1. The van der Waals surface area contributed by atoms with Gasteiger partial charge in [-0.2, -0.15) is 55.3 Å². The molecule has 0 aromatic heterocycles. The maximum atomic E-state index is 12.7. The standard InChI is InChI=1S/C12H9F3N2O2.C12H9F3N2O.C8H5F3N2.C4H5ClO.CH4.B.FH/c1-11(6-19-11)10(18)17-8-3-2-7(5-16)9(4-8)12(13,14)15;1-7(2)11(18)17-9-4-3-8(6-16)10(5-9)12(13,14)15;9-8(10,11)7-3-6(13)2-1-5(7)4-12;1-3(2)4(5)6;;;/h2-4H,6H2,1H3,(H,17,18);3-5H,1H2,2H3,(H,17,18);1-3H,13H2;1H2,2H3;1H4;;1H. The lowest BCUT2D eigenvalue weighted by Gasteiger charge is -2.12. The Morgan fingerprint density at radius 3 is 1.34 bits per heavy atom. The van der Waals surface area contributed by atoms with Gasteiger partial charge < -0.3 is 21.1 Å². The van der Waals surface area contributed by atoms with E-state index in [0.717, 1.165) is 36.4 Å². The van der Waals surface area contributed by atoms with Crippen molar-refractivity contribution in [2.24, 2.45) is 0 Å². The molecule has 59 heavy (non-hydrogen) atoms. The highest BCUT2D eigenvalue weighted by Gasteiger charge is 2.47. The minimum atomic E-state index is -4.65. The van der Waals surface area contributed by atoms with Gasteiger partial charge in [0.2, 0.25) is 5.24 Å². The second-order valence-electron chi connectivity index (χ2n) is 11.4. The molecule has 4 N–H and O–H groups in total. The lowest BCUT2D eigenvalue weighted by molar-refractivity contribution is -0.138. The van der Waals surface area contributed by atoms with Crippen LogP contribution in [0, 0.1) is 34.0 Å².